The molecule has 3 atom stereocenters. The number of fused-ring (bicyclic) bond motifs is 2. The lowest BCUT2D eigenvalue weighted by atomic mass is 9.65. The maximum Gasteiger partial charge on any atom is 0.254 e. The minimum Gasteiger partial charge on any atom is -0.508 e. The van der Waals surface area contributed by atoms with E-state index < -0.39 is 0 Å². The quantitative estimate of drug-likeness (QED) is 0.293. The number of aryl methyl sites for hydroxylation is 1. The molecule has 9 heteroatoms. The number of amides is 1. The number of halogens is 1. The summed E-state index contributed by atoms with van der Waals surface area (Å²) in [5.41, 5.74) is 7.46. The molecule has 5 aliphatic heterocycles. The van der Waals surface area contributed by atoms with Crippen molar-refractivity contribution in [3.05, 3.63) is 88.2 Å². The average Bonchev–Trinajstić information content (AvgIpc) is 3.54. The Balaban J connectivity index is 0.790. The molecule has 4 fully saturated rings. The van der Waals surface area contributed by atoms with Gasteiger partial charge in [0, 0.05) is 101 Å². The van der Waals surface area contributed by atoms with Gasteiger partial charge in [-0.15, -0.1) is 0 Å². The number of aromatic hydroxyl groups is 1. The van der Waals surface area contributed by atoms with Crippen LogP contribution in [0.15, 0.2) is 54.6 Å². The van der Waals surface area contributed by atoms with Crippen molar-refractivity contribution in [1.29, 1.82) is 0 Å². The number of rotatable bonds is 7. The van der Waals surface area contributed by atoms with Crippen LogP contribution in [0, 0.1) is 23.6 Å². The SMILES string of the molecule is O=C1c2ccc(N3CCN(CC4CCN(c5ccc([C@H]6c7ccc(O)cc7CC[C@H]6C6CCOCC6)c(F)c5)CC4)CC3)cc2CN1C1CCCNC1. The number of hydrogen-bond acceptors (Lipinski definition) is 7. The summed E-state index contributed by atoms with van der Waals surface area (Å²) in [4.78, 5) is 22.8. The highest BCUT2D eigenvalue weighted by molar-refractivity contribution is 5.99. The molecule has 0 saturated carbocycles. The van der Waals surface area contributed by atoms with E-state index in [0.717, 1.165) is 152 Å². The van der Waals surface area contributed by atoms with Crippen molar-refractivity contribution in [2.75, 3.05) is 81.9 Å². The van der Waals surface area contributed by atoms with Crippen molar-refractivity contribution in [3.63, 3.8) is 0 Å². The van der Waals surface area contributed by atoms with Gasteiger partial charge in [0.15, 0.2) is 0 Å². The molecule has 9 rings (SSSR count). The number of phenolic OH excluding ortho intramolecular Hbond substituents is 1. The van der Waals surface area contributed by atoms with Crippen LogP contribution in [0.2, 0.25) is 0 Å². The topological polar surface area (TPSA) is 71.5 Å². The zero-order valence-corrected chi connectivity index (χ0v) is 31.2. The Bertz CT molecular complexity index is 1770. The molecular weight excluding hydrogens is 666 g/mol. The van der Waals surface area contributed by atoms with Crippen LogP contribution in [0.5, 0.6) is 5.75 Å². The van der Waals surface area contributed by atoms with Gasteiger partial charge in [0.05, 0.1) is 0 Å². The van der Waals surface area contributed by atoms with Crippen LogP contribution in [0.25, 0.3) is 0 Å². The molecule has 0 aromatic heterocycles. The van der Waals surface area contributed by atoms with E-state index in [4.69, 9.17) is 4.74 Å². The smallest absolute Gasteiger partial charge is 0.254 e. The molecule has 0 spiro atoms. The molecule has 282 valence electrons. The predicted molar refractivity (Wildman–Crippen MR) is 208 cm³/mol. The second kappa shape index (κ2) is 15.2. The fraction of sp³-hybridized carbons (Fsp3) is 0.568. The highest BCUT2D eigenvalue weighted by atomic mass is 19.1. The number of nitrogens with zero attached hydrogens (tertiary/aromatic N) is 4. The number of anilines is 2. The fourth-order valence-electron chi connectivity index (χ4n) is 10.7. The third-order valence-corrected chi connectivity index (χ3v) is 13.7. The summed E-state index contributed by atoms with van der Waals surface area (Å²) in [5, 5.41) is 13.7. The van der Waals surface area contributed by atoms with E-state index >= 15 is 4.39 Å². The van der Waals surface area contributed by atoms with Crippen LogP contribution in [0.4, 0.5) is 15.8 Å². The lowest BCUT2D eigenvalue weighted by Crippen LogP contribution is -2.49. The van der Waals surface area contributed by atoms with Crippen LogP contribution >= 0.6 is 0 Å². The molecule has 53 heavy (non-hydrogen) atoms. The van der Waals surface area contributed by atoms with Crippen LogP contribution in [-0.4, -0.2) is 99.0 Å². The zero-order chi connectivity index (χ0) is 35.9. The third kappa shape index (κ3) is 7.17. The Morgan fingerprint density at radius 1 is 0.792 bits per heavy atom. The van der Waals surface area contributed by atoms with Crippen molar-refractivity contribution in [1.82, 2.24) is 15.1 Å². The number of piperidine rings is 2. The van der Waals surface area contributed by atoms with E-state index in [2.05, 4.69) is 55.2 Å². The lowest BCUT2D eigenvalue weighted by molar-refractivity contribution is 0.0402. The van der Waals surface area contributed by atoms with Crippen LogP contribution in [0.3, 0.4) is 0 Å². The van der Waals surface area contributed by atoms with E-state index in [1.54, 1.807) is 12.1 Å². The normalized spacial score (nSPS) is 26.2. The van der Waals surface area contributed by atoms with E-state index in [9.17, 15) is 9.90 Å². The molecule has 5 heterocycles. The molecule has 3 aromatic carbocycles. The molecule has 1 amide bonds. The summed E-state index contributed by atoms with van der Waals surface area (Å²) in [6.07, 6.45) is 8.50. The number of phenols is 1. The van der Waals surface area contributed by atoms with Gasteiger partial charge in [0.1, 0.15) is 11.6 Å². The Kier molecular flexibility index (Phi) is 10.1. The molecule has 6 aliphatic rings. The van der Waals surface area contributed by atoms with Gasteiger partial charge < -0.3 is 29.9 Å². The standard InChI is InChI=1S/C44H56FN5O3/c45-42-26-35(5-9-41(42)43-38(31-13-22-53-23-14-31)7-3-32-25-37(51)6-10-39(32)43)48-16-11-30(12-17-48)28-47-18-20-49(21-19-47)34-4-8-40-33(24-34)29-50(44(40)52)36-2-1-15-46-27-36/h4-6,8-10,24-26,30-31,36,38,43,46,51H,1-3,7,11-23,27-29H2/t36?,38-,43+/m0/s1. The van der Waals surface area contributed by atoms with Gasteiger partial charge >= 0.3 is 0 Å². The molecule has 0 bridgehead atoms. The second-order valence-corrected chi connectivity index (χ2v) is 16.7. The Labute approximate surface area is 314 Å². The maximum atomic E-state index is 16.3. The minimum absolute atomic E-state index is 0.00368. The summed E-state index contributed by atoms with van der Waals surface area (Å²) in [5.74, 6) is 1.96. The first kappa shape index (κ1) is 35.1. The summed E-state index contributed by atoms with van der Waals surface area (Å²) in [7, 11) is 0. The number of hydrogen-bond donors (Lipinski definition) is 2. The Morgan fingerprint density at radius 3 is 2.32 bits per heavy atom. The van der Waals surface area contributed by atoms with E-state index in [1.807, 2.05) is 12.1 Å². The van der Waals surface area contributed by atoms with Gasteiger partial charge in [-0.25, -0.2) is 4.39 Å². The van der Waals surface area contributed by atoms with Crippen molar-refractivity contribution in [3.8, 4) is 5.75 Å². The van der Waals surface area contributed by atoms with E-state index in [0.29, 0.717) is 29.5 Å². The molecule has 1 unspecified atom stereocenters. The van der Waals surface area contributed by atoms with Crippen LogP contribution in [-0.2, 0) is 17.7 Å². The zero-order valence-electron chi connectivity index (χ0n) is 31.2. The van der Waals surface area contributed by atoms with Crippen molar-refractivity contribution >= 4 is 17.3 Å². The van der Waals surface area contributed by atoms with Gasteiger partial charge in [0.25, 0.3) is 5.91 Å². The summed E-state index contributed by atoms with van der Waals surface area (Å²) >= 11 is 0. The average molecular weight is 722 g/mol. The molecular formula is C44H56FN5O3. The number of carbonyl (C=O) groups excluding carboxylic acids is 1. The summed E-state index contributed by atoms with van der Waals surface area (Å²) in [6.45, 7) is 11.5. The number of carbonyl (C=O) groups is 1. The van der Waals surface area contributed by atoms with Crippen LogP contribution < -0.4 is 15.1 Å². The molecule has 1 aliphatic carbocycles. The number of piperazine rings is 1. The van der Waals surface area contributed by atoms with Gasteiger partial charge in [0.2, 0.25) is 0 Å². The monoisotopic (exact) mass is 721 g/mol. The van der Waals surface area contributed by atoms with Gasteiger partial charge in [-0.3, -0.25) is 9.69 Å². The number of benzene rings is 3. The molecule has 4 saturated heterocycles. The van der Waals surface area contributed by atoms with Crippen molar-refractivity contribution in [2.24, 2.45) is 17.8 Å². The first-order valence-corrected chi connectivity index (χ1v) is 20.5. The largest absolute Gasteiger partial charge is 0.508 e. The number of nitrogens with one attached hydrogen (secondary N) is 1. The Hall–Kier alpha value is -3.66. The third-order valence-electron chi connectivity index (χ3n) is 13.7. The number of ether oxygens (including phenoxy) is 1. The first-order chi connectivity index (χ1) is 26.0. The molecule has 8 nitrogen and oxygen atoms in total. The van der Waals surface area contributed by atoms with Gasteiger partial charge in [-0.05, 0) is 140 Å². The summed E-state index contributed by atoms with van der Waals surface area (Å²) < 4.78 is 22.0. The highest BCUT2D eigenvalue weighted by Gasteiger charge is 2.38. The minimum atomic E-state index is -0.0979. The van der Waals surface area contributed by atoms with Crippen molar-refractivity contribution in [2.45, 2.75) is 69.9 Å². The first-order valence-electron chi connectivity index (χ1n) is 20.5. The van der Waals surface area contributed by atoms with Gasteiger partial charge in [-0.2, -0.15) is 0 Å². The van der Waals surface area contributed by atoms with Gasteiger partial charge in [-0.1, -0.05) is 12.1 Å². The predicted octanol–water partition coefficient (Wildman–Crippen LogP) is 6.40. The molecule has 3 aromatic rings. The highest BCUT2D eigenvalue weighted by Crippen LogP contribution is 2.48. The van der Waals surface area contributed by atoms with E-state index in [-0.39, 0.29) is 17.6 Å². The molecule has 0 radical (unpaired) electrons. The van der Waals surface area contributed by atoms with Crippen molar-refractivity contribution < 1.29 is 19.0 Å². The van der Waals surface area contributed by atoms with E-state index in [1.165, 1.54) is 16.8 Å². The fourth-order valence-corrected chi connectivity index (χ4v) is 10.7. The lowest BCUT2D eigenvalue weighted by Gasteiger charge is -2.41. The second-order valence-electron chi connectivity index (χ2n) is 16.7. The van der Waals surface area contributed by atoms with Crippen LogP contribution in [0.1, 0.15) is 83.5 Å². The maximum absolute atomic E-state index is 16.3. The Morgan fingerprint density at radius 2 is 1.55 bits per heavy atom. The summed E-state index contributed by atoms with van der Waals surface area (Å²) in [6, 6.07) is 18.5. The molecule has 2 N–H and O–H groups in total.